The molecule has 1 heteroatoms. The zero-order valence-corrected chi connectivity index (χ0v) is 7.33. The summed E-state index contributed by atoms with van der Waals surface area (Å²) in [5.41, 5.74) is 1.54. The fourth-order valence-electron chi connectivity index (χ4n) is 1.79. The van der Waals surface area contributed by atoms with Gasteiger partial charge in [0.2, 0.25) is 0 Å². The first kappa shape index (κ1) is 7.81. The van der Waals surface area contributed by atoms with Crippen LogP contribution in [0.4, 0.5) is 0 Å². The molecule has 0 bridgehead atoms. The van der Waals surface area contributed by atoms with Crippen molar-refractivity contribution in [3.8, 4) is 0 Å². The van der Waals surface area contributed by atoms with Crippen LogP contribution in [-0.2, 0) is 0 Å². The Hall–Kier alpha value is -0.820. The molecule has 1 aliphatic carbocycles. The van der Waals surface area contributed by atoms with E-state index in [1.807, 2.05) is 6.07 Å². The second-order valence-corrected chi connectivity index (χ2v) is 3.98. The molecular formula is C11H14O. The summed E-state index contributed by atoms with van der Waals surface area (Å²) in [6.07, 6.45) is 1.13. The Labute approximate surface area is 73.0 Å². The lowest BCUT2D eigenvalue weighted by Crippen LogP contribution is -2.02. The molecule has 0 amide bonds. The third-order valence-electron chi connectivity index (χ3n) is 2.91. The molecule has 12 heavy (non-hydrogen) atoms. The largest absolute Gasteiger partial charge is 0.396 e. The second kappa shape index (κ2) is 2.60. The van der Waals surface area contributed by atoms with Gasteiger partial charge in [0, 0.05) is 6.61 Å². The molecule has 0 radical (unpaired) electrons. The topological polar surface area (TPSA) is 20.2 Å². The molecule has 1 saturated carbocycles. The number of rotatable bonds is 2. The maximum Gasteiger partial charge on any atom is 0.0490 e. The average molecular weight is 162 g/mol. The van der Waals surface area contributed by atoms with E-state index in [-0.39, 0.29) is 5.41 Å². The zero-order chi connectivity index (χ0) is 8.60. The standard InChI is InChI=1S/C11H14O/c1-11(8-12)7-10(11)9-5-3-2-4-6-9/h2-6,10,12H,7-8H2,1H3/t10-,11+/m1/s1. The highest BCUT2D eigenvalue weighted by Gasteiger charge is 2.49. The first-order chi connectivity index (χ1) is 5.76. The van der Waals surface area contributed by atoms with Crippen LogP contribution < -0.4 is 0 Å². The quantitative estimate of drug-likeness (QED) is 0.706. The highest BCUT2D eigenvalue weighted by molar-refractivity contribution is 5.28. The molecule has 1 fully saturated rings. The minimum absolute atomic E-state index is 0.168. The molecule has 0 saturated heterocycles. The first-order valence-electron chi connectivity index (χ1n) is 4.42. The third kappa shape index (κ3) is 1.14. The van der Waals surface area contributed by atoms with Crippen molar-refractivity contribution in [1.29, 1.82) is 0 Å². The van der Waals surface area contributed by atoms with E-state index in [0.29, 0.717) is 12.5 Å². The Morgan fingerprint density at radius 1 is 1.42 bits per heavy atom. The number of aliphatic hydroxyl groups excluding tert-OH is 1. The first-order valence-corrected chi connectivity index (χ1v) is 4.42. The van der Waals surface area contributed by atoms with Crippen molar-refractivity contribution in [3.63, 3.8) is 0 Å². The van der Waals surface area contributed by atoms with Gasteiger partial charge >= 0.3 is 0 Å². The van der Waals surface area contributed by atoms with Crippen molar-refractivity contribution in [2.45, 2.75) is 19.3 Å². The third-order valence-corrected chi connectivity index (χ3v) is 2.91. The fourth-order valence-corrected chi connectivity index (χ4v) is 1.79. The molecule has 1 N–H and O–H groups in total. The van der Waals surface area contributed by atoms with Gasteiger partial charge in [-0.1, -0.05) is 37.3 Å². The Morgan fingerprint density at radius 2 is 2.08 bits per heavy atom. The van der Waals surface area contributed by atoms with Crippen molar-refractivity contribution in [3.05, 3.63) is 35.9 Å². The molecule has 1 aromatic rings. The lowest BCUT2D eigenvalue weighted by atomic mass is 10.0. The van der Waals surface area contributed by atoms with Gasteiger partial charge in [-0.15, -0.1) is 0 Å². The summed E-state index contributed by atoms with van der Waals surface area (Å²) < 4.78 is 0. The summed E-state index contributed by atoms with van der Waals surface area (Å²) in [7, 11) is 0. The molecule has 2 rings (SSSR count). The summed E-state index contributed by atoms with van der Waals surface area (Å²) in [4.78, 5) is 0. The minimum atomic E-state index is 0.168. The minimum Gasteiger partial charge on any atom is -0.396 e. The molecule has 1 aliphatic rings. The van der Waals surface area contributed by atoms with Crippen molar-refractivity contribution < 1.29 is 5.11 Å². The molecular weight excluding hydrogens is 148 g/mol. The van der Waals surface area contributed by atoms with Gasteiger partial charge in [-0.05, 0) is 23.3 Å². The number of hydrogen-bond donors (Lipinski definition) is 1. The number of benzene rings is 1. The van der Waals surface area contributed by atoms with Crippen LogP contribution in [0.5, 0.6) is 0 Å². The van der Waals surface area contributed by atoms with E-state index in [2.05, 4.69) is 31.2 Å². The monoisotopic (exact) mass is 162 g/mol. The van der Waals surface area contributed by atoms with Crippen LogP contribution in [-0.4, -0.2) is 11.7 Å². The SMILES string of the molecule is C[C@@]1(CO)C[C@@H]1c1ccccc1. The summed E-state index contributed by atoms with van der Waals surface area (Å²) >= 11 is 0. The summed E-state index contributed by atoms with van der Waals surface area (Å²) in [6, 6.07) is 10.4. The molecule has 64 valence electrons. The molecule has 2 atom stereocenters. The van der Waals surface area contributed by atoms with Gasteiger partial charge in [0.1, 0.15) is 0 Å². The van der Waals surface area contributed by atoms with Gasteiger partial charge < -0.3 is 5.11 Å². The normalized spacial score (nSPS) is 33.3. The Morgan fingerprint density at radius 3 is 2.58 bits per heavy atom. The van der Waals surface area contributed by atoms with E-state index in [1.54, 1.807) is 0 Å². The van der Waals surface area contributed by atoms with Crippen LogP contribution in [0.3, 0.4) is 0 Å². The molecule has 0 unspecified atom stereocenters. The van der Waals surface area contributed by atoms with E-state index >= 15 is 0 Å². The van der Waals surface area contributed by atoms with Crippen LogP contribution in [0.1, 0.15) is 24.8 Å². The zero-order valence-electron chi connectivity index (χ0n) is 7.33. The van der Waals surface area contributed by atoms with E-state index < -0.39 is 0 Å². The lowest BCUT2D eigenvalue weighted by molar-refractivity contribution is 0.220. The van der Waals surface area contributed by atoms with Crippen molar-refractivity contribution in [2.75, 3.05) is 6.61 Å². The van der Waals surface area contributed by atoms with Gasteiger partial charge in [0.15, 0.2) is 0 Å². The fraction of sp³-hybridized carbons (Fsp3) is 0.455. The predicted molar refractivity (Wildman–Crippen MR) is 49.0 cm³/mol. The summed E-state index contributed by atoms with van der Waals surface area (Å²) in [6.45, 7) is 2.46. The van der Waals surface area contributed by atoms with E-state index in [0.717, 1.165) is 6.42 Å². The van der Waals surface area contributed by atoms with Gasteiger partial charge in [0.05, 0.1) is 0 Å². The molecule has 0 heterocycles. The van der Waals surface area contributed by atoms with Gasteiger partial charge in [-0.3, -0.25) is 0 Å². The van der Waals surface area contributed by atoms with Crippen LogP contribution in [0.15, 0.2) is 30.3 Å². The Bertz CT molecular complexity index is 268. The number of hydrogen-bond acceptors (Lipinski definition) is 1. The smallest absolute Gasteiger partial charge is 0.0490 e. The van der Waals surface area contributed by atoms with Crippen molar-refractivity contribution in [2.24, 2.45) is 5.41 Å². The van der Waals surface area contributed by atoms with E-state index in [1.165, 1.54) is 5.56 Å². The molecule has 0 spiro atoms. The maximum atomic E-state index is 9.10. The van der Waals surface area contributed by atoms with Gasteiger partial charge in [-0.2, -0.15) is 0 Å². The van der Waals surface area contributed by atoms with Crippen LogP contribution in [0, 0.1) is 5.41 Å². The van der Waals surface area contributed by atoms with E-state index in [4.69, 9.17) is 5.11 Å². The van der Waals surface area contributed by atoms with E-state index in [9.17, 15) is 0 Å². The lowest BCUT2D eigenvalue weighted by Gasteiger charge is -2.05. The summed E-state index contributed by atoms with van der Waals surface area (Å²) in [5.74, 6) is 0.587. The maximum absolute atomic E-state index is 9.10. The van der Waals surface area contributed by atoms with Gasteiger partial charge in [-0.25, -0.2) is 0 Å². The van der Waals surface area contributed by atoms with Crippen LogP contribution >= 0.6 is 0 Å². The second-order valence-electron chi connectivity index (χ2n) is 3.98. The van der Waals surface area contributed by atoms with Crippen LogP contribution in [0.25, 0.3) is 0 Å². The van der Waals surface area contributed by atoms with Gasteiger partial charge in [0.25, 0.3) is 0 Å². The highest BCUT2D eigenvalue weighted by Crippen LogP contribution is 2.58. The molecule has 0 aromatic heterocycles. The van der Waals surface area contributed by atoms with Crippen molar-refractivity contribution >= 4 is 0 Å². The molecule has 0 aliphatic heterocycles. The molecule has 1 aromatic carbocycles. The molecule has 1 nitrogen and oxygen atoms in total. The number of aliphatic hydroxyl groups is 1. The van der Waals surface area contributed by atoms with Crippen LogP contribution in [0.2, 0.25) is 0 Å². The highest BCUT2D eigenvalue weighted by atomic mass is 16.3. The Balaban J connectivity index is 2.16. The predicted octanol–water partition coefficient (Wildman–Crippen LogP) is 2.17. The van der Waals surface area contributed by atoms with Crippen molar-refractivity contribution in [1.82, 2.24) is 0 Å². The Kier molecular flexibility index (Phi) is 1.69. The summed E-state index contributed by atoms with van der Waals surface area (Å²) in [5, 5.41) is 9.10. The average Bonchev–Trinajstić information content (AvgIpc) is 2.81.